The van der Waals surface area contributed by atoms with Gasteiger partial charge in [-0.05, 0) is 42.9 Å². The first-order valence-corrected chi connectivity index (χ1v) is 6.82. The van der Waals surface area contributed by atoms with Gasteiger partial charge < -0.3 is 5.11 Å². The van der Waals surface area contributed by atoms with Crippen molar-refractivity contribution in [2.24, 2.45) is 5.92 Å². The fraction of sp³-hybridized carbons (Fsp3) is 0.438. The zero-order valence-corrected chi connectivity index (χ0v) is 10.8. The Morgan fingerprint density at radius 2 is 2.22 bits per heavy atom. The largest absolute Gasteiger partial charge is 0.385 e. The van der Waals surface area contributed by atoms with E-state index in [1.165, 1.54) is 0 Å². The fourth-order valence-electron chi connectivity index (χ4n) is 3.44. The third kappa shape index (κ3) is 1.64. The number of aromatic nitrogens is 1. The Kier molecular flexibility index (Phi) is 2.83. The molecule has 1 N–H and O–H groups in total. The molecule has 2 aromatic rings. The van der Waals surface area contributed by atoms with E-state index in [2.05, 4.69) is 24.0 Å². The number of pyridine rings is 1. The maximum Gasteiger partial charge on any atom is 0.0931 e. The smallest absolute Gasteiger partial charge is 0.0931 e. The van der Waals surface area contributed by atoms with Crippen LogP contribution >= 0.6 is 0 Å². The molecule has 2 unspecified atom stereocenters. The van der Waals surface area contributed by atoms with E-state index in [1.807, 2.05) is 24.4 Å². The molecule has 18 heavy (non-hydrogen) atoms. The van der Waals surface area contributed by atoms with Crippen LogP contribution in [0.1, 0.15) is 38.2 Å². The summed E-state index contributed by atoms with van der Waals surface area (Å²) in [5, 5.41) is 12.2. The highest BCUT2D eigenvalue weighted by Crippen LogP contribution is 2.46. The van der Waals surface area contributed by atoms with Crippen LogP contribution in [0.15, 0.2) is 36.5 Å². The van der Waals surface area contributed by atoms with Gasteiger partial charge in [-0.25, -0.2) is 0 Å². The molecule has 2 nitrogen and oxygen atoms in total. The lowest BCUT2D eigenvalue weighted by Crippen LogP contribution is -2.30. The minimum Gasteiger partial charge on any atom is -0.385 e. The summed E-state index contributed by atoms with van der Waals surface area (Å²) in [6, 6.07) is 10.1. The Morgan fingerprint density at radius 3 is 3.06 bits per heavy atom. The highest BCUT2D eigenvalue weighted by molar-refractivity contribution is 5.83. The lowest BCUT2D eigenvalue weighted by Gasteiger charge is -2.31. The van der Waals surface area contributed by atoms with Crippen molar-refractivity contribution in [3.8, 4) is 0 Å². The molecule has 2 atom stereocenters. The number of hydrogen-bond donors (Lipinski definition) is 1. The summed E-state index contributed by atoms with van der Waals surface area (Å²) in [6.07, 6.45) is 5.96. The van der Waals surface area contributed by atoms with Crippen molar-refractivity contribution in [1.82, 2.24) is 4.98 Å². The monoisotopic (exact) mass is 241 g/mol. The van der Waals surface area contributed by atoms with Gasteiger partial charge in [0.05, 0.1) is 11.1 Å². The van der Waals surface area contributed by atoms with Gasteiger partial charge in [0.2, 0.25) is 0 Å². The van der Waals surface area contributed by atoms with E-state index in [0.717, 1.165) is 42.1 Å². The van der Waals surface area contributed by atoms with E-state index < -0.39 is 5.60 Å². The Balaban J connectivity index is 2.19. The quantitative estimate of drug-likeness (QED) is 0.871. The first kappa shape index (κ1) is 11.7. The number of fused-ring (bicyclic) bond motifs is 1. The van der Waals surface area contributed by atoms with Crippen LogP contribution in [-0.2, 0) is 5.60 Å². The van der Waals surface area contributed by atoms with E-state index >= 15 is 0 Å². The van der Waals surface area contributed by atoms with Crippen LogP contribution in [0.5, 0.6) is 0 Å². The Bertz CT molecular complexity index is 561. The zero-order chi connectivity index (χ0) is 12.6. The van der Waals surface area contributed by atoms with Gasteiger partial charge in [0.15, 0.2) is 0 Å². The Labute approximate surface area is 108 Å². The molecule has 0 aliphatic heterocycles. The average molecular weight is 241 g/mol. The minimum absolute atomic E-state index is 0.378. The summed E-state index contributed by atoms with van der Waals surface area (Å²) in [7, 11) is 0. The second-order valence-electron chi connectivity index (χ2n) is 5.30. The molecule has 0 saturated heterocycles. The summed E-state index contributed by atoms with van der Waals surface area (Å²) in [6.45, 7) is 2.17. The molecule has 0 bridgehead atoms. The number of aliphatic hydroxyl groups is 1. The van der Waals surface area contributed by atoms with Gasteiger partial charge >= 0.3 is 0 Å². The first-order valence-electron chi connectivity index (χ1n) is 6.82. The molecular weight excluding hydrogens is 222 g/mol. The maximum absolute atomic E-state index is 11.1. The number of benzene rings is 1. The number of hydrogen-bond acceptors (Lipinski definition) is 2. The van der Waals surface area contributed by atoms with Crippen molar-refractivity contribution in [2.45, 2.75) is 38.2 Å². The van der Waals surface area contributed by atoms with Gasteiger partial charge in [-0.3, -0.25) is 4.98 Å². The Morgan fingerprint density at radius 1 is 1.33 bits per heavy atom. The van der Waals surface area contributed by atoms with E-state index in [-0.39, 0.29) is 0 Å². The highest BCUT2D eigenvalue weighted by Gasteiger charge is 2.42. The average Bonchev–Trinajstić information content (AvgIpc) is 2.80. The van der Waals surface area contributed by atoms with Crippen LogP contribution < -0.4 is 0 Å². The zero-order valence-electron chi connectivity index (χ0n) is 10.8. The Hall–Kier alpha value is -1.41. The molecule has 1 saturated carbocycles. The molecular formula is C16H19NO. The summed E-state index contributed by atoms with van der Waals surface area (Å²) in [5.74, 6) is 0.378. The summed E-state index contributed by atoms with van der Waals surface area (Å²) in [4.78, 5) is 4.38. The first-order chi connectivity index (χ1) is 8.75. The predicted molar refractivity (Wildman–Crippen MR) is 73.3 cm³/mol. The summed E-state index contributed by atoms with van der Waals surface area (Å²) < 4.78 is 0. The topological polar surface area (TPSA) is 33.1 Å². The number of nitrogens with zero attached hydrogens (tertiary/aromatic N) is 1. The van der Waals surface area contributed by atoms with E-state index in [1.54, 1.807) is 0 Å². The van der Waals surface area contributed by atoms with E-state index in [9.17, 15) is 5.11 Å². The molecule has 1 heterocycles. The van der Waals surface area contributed by atoms with Crippen molar-refractivity contribution in [3.63, 3.8) is 0 Å². The second kappa shape index (κ2) is 4.36. The molecule has 1 aliphatic carbocycles. The normalized spacial score (nSPS) is 27.8. The second-order valence-corrected chi connectivity index (χ2v) is 5.30. The predicted octanol–water partition coefficient (Wildman–Crippen LogP) is 3.63. The number of rotatable bonds is 2. The lowest BCUT2D eigenvalue weighted by molar-refractivity contribution is -0.00246. The molecule has 0 spiro atoms. The van der Waals surface area contributed by atoms with E-state index in [4.69, 9.17) is 0 Å². The van der Waals surface area contributed by atoms with Gasteiger partial charge in [0, 0.05) is 11.6 Å². The minimum atomic E-state index is -0.655. The van der Waals surface area contributed by atoms with Crippen molar-refractivity contribution < 1.29 is 5.11 Å². The van der Waals surface area contributed by atoms with Crippen molar-refractivity contribution in [3.05, 3.63) is 42.1 Å². The van der Waals surface area contributed by atoms with Gasteiger partial charge in [-0.1, -0.05) is 31.5 Å². The van der Waals surface area contributed by atoms with Crippen molar-refractivity contribution >= 4 is 10.9 Å². The van der Waals surface area contributed by atoms with Crippen LogP contribution in [0.2, 0.25) is 0 Å². The summed E-state index contributed by atoms with van der Waals surface area (Å²) in [5.41, 5.74) is 1.39. The highest BCUT2D eigenvalue weighted by atomic mass is 16.3. The molecule has 2 heteroatoms. The molecule has 94 valence electrons. The van der Waals surface area contributed by atoms with Crippen molar-refractivity contribution in [2.75, 3.05) is 0 Å². The standard InChI is InChI=1S/C16H19NO/c1-2-12-6-4-10-16(12,18)14-8-3-9-15-13(14)7-5-11-17-15/h3,5,7-9,11-12,18H,2,4,6,10H2,1H3. The molecule has 0 amide bonds. The third-order valence-corrected chi connectivity index (χ3v) is 4.39. The van der Waals surface area contributed by atoms with Gasteiger partial charge in [-0.2, -0.15) is 0 Å². The molecule has 0 radical (unpaired) electrons. The SMILES string of the molecule is CCC1CCCC1(O)c1cccc2ncccc12. The van der Waals surface area contributed by atoms with Crippen LogP contribution in [0, 0.1) is 5.92 Å². The van der Waals surface area contributed by atoms with Crippen LogP contribution in [-0.4, -0.2) is 10.1 Å². The fourth-order valence-corrected chi connectivity index (χ4v) is 3.44. The molecule has 1 fully saturated rings. The van der Waals surface area contributed by atoms with Crippen LogP contribution in [0.3, 0.4) is 0 Å². The molecule has 3 rings (SSSR count). The van der Waals surface area contributed by atoms with Crippen LogP contribution in [0.25, 0.3) is 10.9 Å². The third-order valence-electron chi connectivity index (χ3n) is 4.39. The van der Waals surface area contributed by atoms with E-state index in [0.29, 0.717) is 5.92 Å². The van der Waals surface area contributed by atoms with Crippen LogP contribution in [0.4, 0.5) is 0 Å². The lowest BCUT2D eigenvalue weighted by atomic mass is 9.81. The van der Waals surface area contributed by atoms with Gasteiger partial charge in [0.1, 0.15) is 0 Å². The van der Waals surface area contributed by atoms with Gasteiger partial charge in [0.25, 0.3) is 0 Å². The summed E-state index contributed by atoms with van der Waals surface area (Å²) >= 11 is 0. The molecule has 1 aromatic carbocycles. The van der Waals surface area contributed by atoms with Gasteiger partial charge in [-0.15, -0.1) is 0 Å². The maximum atomic E-state index is 11.1. The molecule has 1 aliphatic rings. The van der Waals surface area contributed by atoms with Crippen molar-refractivity contribution in [1.29, 1.82) is 0 Å². The molecule has 1 aromatic heterocycles.